The lowest BCUT2D eigenvalue weighted by atomic mass is 10.1. The first-order valence-corrected chi connectivity index (χ1v) is 9.88. The predicted octanol–water partition coefficient (Wildman–Crippen LogP) is 2.33. The zero-order valence-corrected chi connectivity index (χ0v) is 16.5. The van der Waals surface area contributed by atoms with Crippen LogP contribution < -0.4 is 24.0 Å². The van der Waals surface area contributed by atoms with Gasteiger partial charge < -0.3 is 15.4 Å². The lowest BCUT2D eigenvalue weighted by Crippen LogP contribution is -2.32. The summed E-state index contributed by atoms with van der Waals surface area (Å²) in [6, 6.07) is 9.26. The van der Waals surface area contributed by atoms with Gasteiger partial charge in [0.25, 0.3) is 0 Å². The molecule has 0 saturated carbocycles. The number of nitrogens with one attached hydrogen (secondary N) is 2. The van der Waals surface area contributed by atoms with Gasteiger partial charge in [-0.1, -0.05) is 12.1 Å². The fourth-order valence-corrected chi connectivity index (χ4v) is 4.02. The molecule has 150 valence electrons. The normalized spacial score (nSPS) is 14.6. The quantitative estimate of drug-likeness (QED) is 0.795. The van der Waals surface area contributed by atoms with E-state index in [1.807, 2.05) is 24.3 Å². The molecular weight excluding hydrogens is 387 g/mol. The zero-order chi connectivity index (χ0) is 20.5. The van der Waals surface area contributed by atoms with E-state index in [9.17, 15) is 17.6 Å². The number of halogens is 1. The van der Waals surface area contributed by atoms with Crippen LogP contribution in [-0.2, 0) is 16.6 Å². The highest BCUT2D eigenvalue weighted by Gasteiger charge is 2.36. The van der Waals surface area contributed by atoms with Gasteiger partial charge in [0.2, 0.25) is 0 Å². The van der Waals surface area contributed by atoms with E-state index in [1.54, 1.807) is 7.11 Å². The number of anilines is 3. The van der Waals surface area contributed by atoms with E-state index < -0.39 is 22.1 Å². The maximum atomic E-state index is 14.3. The second-order valence-electron chi connectivity index (χ2n) is 6.24. The van der Waals surface area contributed by atoms with Gasteiger partial charge >= 0.3 is 16.2 Å². The van der Waals surface area contributed by atoms with Gasteiger partial charge in [-0.05, 0) is 30.2 Å². The second kappa shape index (κ2) is 7.55. The number of benzene rings is 2. The minimum absolute atomic E-state index is 0.0990. The number of fused-ring (bicyclic) bond motifs is 1. The lowest BCUT2D eigenvalue weighted by Gasteiger charge is -2.13. The van der Waals surface area contributed by atoms with Crippen molar-refractivity contribution in [2.75, 3.05) is 41.7 Å². The Morgan fingerprint density at radius 2 is 1.71 bits per heavy atom. The minimum Gasteiger partial charge on any atom is -0.497 e. The summed E-state index contributed by atoms with van der Waals surface area (Å²) in [6.45, 7) is 0.349. The molecule has 1 aliphatic rings. The number of carbonyl (C=O) groups excluding carboxylic acids is 1. The molecule has 10 heteroatoms. The molecule has 1 aliphatic heterocycles. The number of rotatable bonds is 5. The van der Waals surface area contributed by atoms with Crippen molar-refractivity contribution >= 4 is 33.3 Å². The number of nitrogens with zero attached hydrogens (tertiary/aromatic N) is 2. The molecule has 0 aliphatic carbocycles. The topological polar surface area (TPSA) is 91.0 Å². The van der Waals surface area contributed by atoms with Crippen molar-refractivity contribution < 1.29 is 22.3 Å². The van der Waals surface area contributed by atoms with Crippen LogP contribution in [-0.4, -0.2) is 42.2 Å². The molecule has 2 N–H and O–H groups in total. The molecule has 0 bridgehead atoms. The van der Waals surface area contributed by atoms with Gasteiger partial charge in [-0.3, -0.25) is 8.61 Å². The highest BCUT2D eigenvalue weighted by molar-refractivity contribution is 7.94. The molecule has 2 aromatic rings. The molecule has 0 unspecified atom stereocenters. The molecule has 0 radical (unpaired) electrons. The van der Waals surface area contributed by atoms with Crippen LogP contribution in [0.15, 0.2) is 36.4 Å². The van der Waals surface area contributed by atoms with Crippen molar-refractivity contribution in [2.45, 2.75) is 6.42 Å². The largest absolute Gasteiger partial charge is 0.497 e. The van der Waals surface area contributed by atoms with Gasteiger partial charge in [0.15, 0.2) is 0 Å². The fraction of sp³-hybridized carbons (Fsp3) is 0.278. The van der Waals surface area contributed by atoms with Gasteiger partial charge in [-0.25, -0.2) is 9.18 Å². The van der Waals surface area contributed by atoms with Gasteiger partial charge in [-0.15, -0.1) is 0 Å². The highest BCUT2D eigenvalue weighted by Crippen LogP contribution is 2.41. The van der Waals surface area contributed by atoms with Crippen molar-refractivity contribution in [3.05, 3.63) is 47.8 Å². The molecule has 0 aromatic heterocycles. The SMILES string of the molecule is COc1ccc(CCNC(=O)Nc2cc3c(cc2F)N(C)S(=O)(=O)N3C)cc1. The zero-order valence-electron chi connectivity index (χ0n) is 15.7. The molecule has 0 atom stereocenters. The van der Waals surface area contributed by atoms with Crippen LogP contribution in [0.25, 0.3) is 0 Å². The van der Waals surface area contributed by atoms with Crippen molar-refractivity contribution in [3.63, 3.8) is 0 Å². The third-order valence-corrected chi connectivity index (χ3v) is 6.32. The van der Waals surface area contributed by atoms with E-state index in [0.29, 0.717) is 13.0 Å². The summed E-state index contributed by atoms with van der Waals surface area (Å²) in [5.41, 5.74) is 1.42. The molecule has 28 heavy (non-hydrogen) atoms. The van der Waals surface area contributed by atoms with E-state index in [-0.39, 0.29) is 17.1 Å². The molecule has 2 amide bonds. The van der Waals surface area contributed by atoms with Crippen LogP contribution in [0.5, 0.6) is 5.75 Å². The Kier molecular flexibility index (Phi) is 5.32. The standard InChI is InChI=1S/C18H21FN4O4S/c1-22-16-10-14(19)15(11-17(16)23(2)28(22,25)26)21-18(24)20-9-8-12-4-6-13(27-3)7-5-12/h4-7,10-11H,8-9H2,1-3H3,(H2,20,21,24). The highest BCUT2D eigenvalue weighted by atomic mass is 32.2. The van der Waals surface area contributed by atoms with Crippen molar-refractivity contribution in [1.82, 2.24) is 5.32 Å². The first-order valence-electron chi connectivity index (χ1n) is 8.48. The third kappa shape index (κ3) is 3.68. The summed E-state index contributed by atoms with van der Waals surface area (Å²) in [5.74, 6) is 0.0283. The second-order valence-corrected chi connectivity index (χ2v) is 8.23. The fourth-order valence-electron chi connectivity index (χ4n) is 2.86. The lowest BCUT2D eigenvalue weighted by molar-refractivity contribution is 0.252. The molecule has 0 saturated heterocycles. The Morgan fingerprint density at radius 1 is 1.11 bits per heavy atom. The Bertz CT molecular complexity index is 995. The number of urea groups is 1. The van der Waals surface area contributed by atoms with E-state index in [2.05, 4.69) is 10.6 Å². The van der Waals surface area contributed by atoms with Crippen LogP contribution in [0.3, 0.4) is 0 Å². The summed E-state index contributed by atoms with van der Waals surface area (Å²) >= 11 is 0. The predicted molar refractivity (Wildman–Crippen MR) is 106 cm³/mol. The maximum Gasteiger partial charge on any atom is 0.326 e. The summed E-state index contributed by atoms with van der Waals surface area (Å²) in [5, 5.41) is 5.07. The van der Waals surface area contributed by atoms with Crippen LogP contribution in [0.4, 0.5) is 26.2 Å². The van der Waals surface area contributed by atoms with E-state index in [0.717, 1.165) is 26.0 Å². The molecule has 0 spiro atoms. The molecule has 8 nitrogen and oxygen atoms in total. The average Bonchev–Trinajstić information content (AvgIpc) is 2.83. The van der Waals surface area contributed by atoms with Crippen LogP contribution >= 0.6 is 0 Å². The number of hydrogen-bond donors (Lipinski definition) is 2. The van der Waals surface area contributed by atoms with Gasteiger partial charge in [0.05, 0.1) is 24.2 Å². The molecule has 2 aromatic carbocycles. The smallest absolute Gasteiger partial charge is 0.326 e. The van der Waals surface area contributed by atoms with Crippen molar-refractivity contribution in [1.29, 1.82) is 0 Å². The summed E-state index contributed by atoms with van der Waals surface area (Å²) < 4.78 is 45.7. The van der Waals surface area contributed by atoms with Gasteiger partial charge in [0, 0.05) is 26.7 Å². The molecule has 0 fully saturated rings. The molecular formula is C18H21FN4O4S. The number of methoxy groups -OCH3 is 1. The van der Waals surface area contributed by atoms with Crippen LogP contribution in [0.2, 0.25) is 0 Å². The van der Waals surface area contributed by atoms with Crippen LogP contribution in [0, 0.1) is 5.82 Å². The number of amides is 2. The van der Waals surface area contributed by atoms with E-state index >= 15 is 0 Å². The number of ether oxygens (including phenoxy) is 1. The van der Waals surface area contributed by atoms with Crippen molar-refractivity contribution in [2.24, 2.45) is 0 Å². The molecule has 3 rings (SSSR count). The van der Waals surface area contributed by atoms with Crippen LogP contribution in [0.1, 0.15) is 5.56 Å². The monoisotopic (exact) mass is 408 g/mol. The minimum atomic E-state index is -3.71. The van der Waals surface area contributed by atoms with E-state index in [1.165, 1.54) is 20.2 Å². The number of carbonyl (C=O) groups is 1. The first kappa shape index (κ1) is 19.7. The third-order valence-electron chi connectivity index (χ3n) is 4.54. The first-order chi connectivity index (χ1) is 13.2. The Balaban J connectivity index is 1.62. The van der Waals surface area contributed by atoms with E-state index in [4.69, 9.17) is 4.74 Å². The molecule has 1 heterocycles. The van der Waals surface area contributed by atoms with Gasteiger partial charge in [0.1, 0.15) is 11.6 Å². The average molecular weight is 408 g/mol. The summed E-state index contributed by atoms with van der Waals surface area (Å²) in [6.07, 6.45) is 0.593. The Labute approximate surface area is 163 Å². The summed E-state index contributed by atoms with van der Waals surface area (Å²) in [4.78, 5) is 12.1. The summed E-state index contributed by atoms with van der Waals surface area (Å²) in [7, 11) is 0.588. The van der Waals surface area contributed by atoms with Gasteiger partial charge in [-0.2, -0.15) is 8.42 Å². The van der Waals surface area contributed by atoms with Crippen molar-refractivity contribution in [3.8, 4) is 5.75 Å². The maximum absolute atomic E-state index is 14.3. The number of hydrogen-bond acceptors (Lipinski definition) is 4. The Hall–Kier alpha value is -3.01. The Morgan fingerprint density at radius 3 is 2.32 bits per heavy atom.